The number of carbonyl (C=O) groups excluding carboxylic acids is 4. The van der Waals surface area contributed by atoms with Crippen LogP contribution >= 0.6 is 11.8 Å². The maximum atomic E-state index is 13.4. The van der Waals surface area contributed by atoms with Crippen molar-refractivity contribution in [1.82, 2.24) is 19.6 Å². The number of nitro benzene ring substituents is 2. The number of nitro groups is 2. The molecule has 4 aromatic rings. The summed E-state index contributed by atoms with van der Waals surface area (Å²) in [7, 11) is 0. The van der Waals surface area contributed by atoms with E-state index in [0.717, 1.165) is 22.9 Å². The van der Waals surface area contributed by atoms with Crippen LogP contribution in [0.25, 0.3) is 34.4 Å². The molecule has 0 aliphatic carbocycles. The van der Waals surface area contributed by atoms with Gasteiger partial charge in [0.15, 0.2) is 11.5 Å². The lowest BCUT2D eigenvalue weighted by Crippen LogP contribution is -2.49. The van der Waals surface area contributed by atoms with E-state index in [1.165, 1.54) is 50.3 Å². The molecule has 4 heterocycles. The fourth-order valence-electron chi connectivity index (χ4n) is 8.26. The summed E-state index contributed by atoms with van der Waals surface area (Å²) in [5, 5.41) is 26.7. The highest BCUT2D eigenvalue weighted by molar-refractivity contribution is 7.99. The molecule has 0 saturated carbocycles. The predicted octanol–water partition coefficient (Wildman–Crippen LogP) is 6.13. The maximum absolute atomic E-state index is 13.4. The summed E-state index contributed by atoms with van der Waals surface area (Å²) in [6.07, 6.45) is 6.69. The van der Waals surface area contributed by atoms with Gasteiger partial charge in [0, 0.05) is 102 Å². The van der Waals surface area contributed by atoms with Gasteiger partial charge in [0.25, 0.3) is 11.4 Å². The molecule has 4 aliphatic rings. The normalized spacial score (nSPS) is 16.2. The summed E-state index contributed by atoms with van der Waals surface area (Å²) in [6.45, 7) is 6.36. The summed E-state index contributed by atoms with van der Waals surface area (Å²) >= 11 is 0.854. The average molecular weight is 905 g/mol. The highest BCUT2D eigenvalue weighted by Gasteiger charge is 2.31. The zero-order valence-corrected chi connectivity index (χ0v) is 36.4. The van der Waals surface area contributed by atoms with Crippen molar-refractivity contribution >= 4 is 58.9 Å². The van der Waals surface area contributed by atoms with Crippen LogP contribution in [-0.4, -0.2) is 119 Å². The molecule has 0 radical (unpaired) electrons. The number of rotatable bonds is 10. The molecule has 0 bridgehead atoms. The molecular formula is C46H44N6O12S. The van der Waals surface area contributed by atoms with E-state index in [9.17, 15) is 39.4 Å². The smallest absolute Gasteiger partial charge is 0.291 e. The molecule has 2 saturated heterocycles. The molecule has 4 aliphatic heterocycles. The fourth-order valence-corrected chi connectivity index (χ4v) is 9.31. The standard InChI is InChI=1S/C46H44N6O12S/c1-29(53)47-17-21-49(22-18-47)41(55)13-7-31-5-11-39(45(51(57)58)43(31)35-3-9-37-33(27-35)15-25-61-63-37)65-40-12-6-32(8-14-42(56)50-23-19-48(20-24-50)30(2)54)44(46(40)52(59)60)36-4-10-38-34(28-36)16-26-62-64-38/h3-14,27-28H,15-26H2,1-2H3. The predicted molar refractivity (Wildman–Crippen MR) is 237 cm³/mol. The number of amides is 4. The lowest BCUT2D eigenvalue weighted by molar-refractivity contribution is -0.387. The molecule has 0 N–H and O–H groups in total. The van der Waals surface area contributed by atoms with E-state index in [1.54, 1.807) is 68.1 Å². The van der Waals surface area contributed by atoms with Crippen LogP contribution in [0.3, 0.4) is 0 Å². The Kier molecular flexibility index (Phi) is 13.2. The van der Waals surface area contributed by atoms with Gasteiger partial charge in [0.2, 0.25) is 23.6 Å². The Hall–Kier alpha value is -7.09. The highest BCUT2D eigenvalue weighted by atomic mass is 32.2. The van der Waals surface area contributed by atoms with Crippen molar-refractivity contribution < 1.29 is 48.6 Å². The molecule has 0 atom stereocenters. The number of fused-ring (bicyclic) bond motifs is 2. The van der Waals surface area contributed by atoms with Crippen LogP contribution in [0.1, 0.15) is 36.1 Å². The van der Waals surface area contributed by atoms with Crippen molar-refractivity contribution in [3.05, 3.63) is 115 Å². The van der Waals surface area contributed by atoms with Crippen LogP contribution in [0.5, 0.6) is 11.5 Å². The van der Waals surface area contributed by atoms with Crippen molar-refractivity contribution in [2.75, 3.05) is 65.6 Å². The van der Waals surface area contributed by atoms with Crippen molar-refractivity contribution in [1.29, 1.82) is 0 Å². The van der Waals surface area contributed by atoms with Crippen LogP contribution in [0.2, 0.25) is 0 Å². The second-order valence-corrected chi connectivity index (χ2v) is 16.7. The fraction of sp³-hybridized carbons (Fsp3) is 0.304. The van der Waals surface area contributed by atoms with E-state index < -0.39 is 9.85 Å². The van der Waals surface area contributed by atoms with Gasteiger partial charge in [0.1, 0.15) is 0 Å². The van der Waals surface area contributed by atoms with E-state index in [1.807, 2.05) is 0 Å². The van der Waals surface area contributed by atoms with Crippen LogP contribution in [0, 0.1) is 20.2 Å². The molecule has 336 valence electrons. The summed E-state index contributed by atoms with van der Waals surface area (Å²) in [6, 6.07) is 16.4. The zero-order chi connectivity index (χ0) is 45.8. The molecular weight excluding hydrogens is 861 g/mol. The van der Waals surface area contributed by atoms with Crippen LogP contribution in [0.4, 0.5) is 11.4 Å². The number of nitrogens with zero attached hydrogens (tertiary/aromatic N) is 6. The van der Waals surface area contributed by atoms with Gasteiger partial charge in [-0.3, -0.25) is 39.4 Å². The second-order valence-electron chi connectivity index (χ2n) is 15.7. The number of hydrogen-bond acceptors (Lipinski definition) is 13. The second kappa shape index (κ2) is 19.3. The molecule has 0 aromatic heterocycles. The first kappa shape index (κ1) is 44.5. The van der Waals surface area contributed by atoms with Crippen molar-refractivity contribution in [2.45, 2.75) is 36.5 Å². The van der Waals surface area contributed by atoms with Gasteiger partial charge in [-0.05, 0) is 70.8 Å². The van der Waals surface area contributed by atoms with E-state index in [2.05, 4.69) is 0 Å². The molecule has 8 rings (SSSR count). The number of carbonyl (C=O) groups is 4. The van der Waals surface area contributed by atoms with Gasteiger partial charge < -0.3 is 29.4 Å². The third-order valence-corrected chi connectivity index (χ3v) is 12.8. The Morgan fingerprint density at radius 1 is 0.569 bits per heavy atom. The maximum Gasteiger partial charge on any atom is 0.291 e. The Bertz CT molecular complexity index is 2470. The quantitative estimate of drug-likeness (QED) is 0.0762. The first-order valence-electron chi connectivity index (χ1n) is 21.0. The Labute approximate surface area is 377 Å². The molecule has 0 unspecified atom stereocenters. The minimum absolute atomic E-state index is 0.0760. The topological polar surface area (TPSA) is 204 Å². The molecule has 4 aromatic carbocycles. The SMILES string of the molecule is CC(=O)N1CCN(C(=O)C=Cc2ccc(Sc3ccc(C=CC(=O)N4CCN(C(C)=O)CC4)c(-c4ccc5c(c4)CCOO5)c3[N+](=O)[O-])c([N+](=O)[O-])c2-c2ccc3c(c2)CCOO3)CC1. The number of piperazine rings is 2. The molecule has 18 nitrogen and oxygen atoms in total. The molecule has 0 spiro atoms. The van der Waals surface area contributed by atoms with Crippen LogP contribution in [0.15, 0.2) is 82.6 Å². The molecule has 65 heavy (non-hydrogen) atoms. The third-order valence-electron chi connectivity index (χ3n) is 11.7. The Morgan fingerprint density at radius 3 is 1.32 bits per heavy atom. The van der Waals surface area contributed by atoms with Gasteiger partial charge in [-0.2, -0.15) is 9.78 Å². The highest BCUT2D eigenvalue weighted by Crippen LogP contribution is 2.49. The van der Waals surface area contributed by atoms with Crippen molar-refractivity contribution in [3.8, 4) is 33.8 Å². The summed E-state index contributed by atoms with van der Waals surface area (Å²) < 4.78 is 0. The van der Waals surface area contributed by atoms with Crippen molar-refractivity contribution in [3.63, 3.8) is 0 Å². The third kappa shape index (κ3) is 9.71. The van der Waals surface area contributed by atoms with Crippen molar-refractivity contribution in [2.24, 2.45) is 0 Å². The minimum atomic E-state index is -0.534. The summed E-state index contributed by atoms with van der Waals surface area (Å²) in [5.41, 5.74) is 2.80. The summed E-state index contributed by atoms with van der Waals surface area (Å²) in [5.74, 6) is 0.113. The monoisotopic (exact) mass is 904 g/mol. The molecule has 2 fully saturated rings. The first-order chi connectivity index (χ1) is 31.4. The molecule has 19 heteroatoms. The first-order valence-corrected chi connectivity index (χ1v) is 21.8. The van der Waals surface area contributed by atoms with Crippen LogP contribution in [-0.2, 0) is 41.8 Å². The zero-order valence-electron chi connectivity index (χ0n) is 35.6. The lowest BCUT2D eigenvalue weighted by atomic mass is 9.94. The van der Waals surface area contributed by atoms with Gasteiger partial charge >= 0.3 is 0 Å². The Balaban J connectivity index is 1.21. The van der Waals surface area contributed by atoms with Gasteiger partial charge in [0.05, 0.1) is 44.0 Å². The largest absolute Gasteiger partial charge is 0.339 e. The van der Waals surface area contributed by atoms with Gasteiger partial charge in [-0.1, -0.05) is 36.0 Å². The van der Waals surface area contributed by atoms with Crippen LogP contribution < -0.4 is 9.78 Å². The minimum Gasteiger partial charge on any atom is -0.339 e. The van der Waals surface area contributed by atoms with E-state index >= 15 is 0 Å². The average Bonchev–Trinajstić information content (AvgIpc) is 3.32. The van der Waals surface area contributed by atoms with E-state index in [0.29, 0.717) is 99.0 Å². The van der Waals surface area contributed by atoms with Gasteiger partial charge in [-0.25, -0.2) is 0 Å². The Morgan fingerprint density at radius 2 is 0.954 bits per heavy atom. The lowest BCUT2D eigenvalue weighted by Gasteiger charge is -2.33. The van der Waals surface area contributed by atoms with Gasteiger partial charge in [-0.15, -0.1) is 0 Å². The number of hydrogen-bond donors (Lipinski definition) is 0. The summed E-state index contributed by atoms with van der Waals surface area (Å²) in [4.78, 5) is 104. The molecule has 4 amide bonds. The van der Waals surface area contributed by atoms with E-state index in [-0.39, 0.29) is 69.1 Å². The van der Waals surface area contributed by atoms with E-state index in [4.69, 9.17) is 19.6 Å². The number of benzene rings is 4.